The molecule has 4 aromatic rings. The highest BCUT2D eigenvalue weighted by Crippen LogP contribution is 2.29. The Balaban J connectivity index is 1.58. The van der Waals surface area contributed by atoms with Crippen LogP contribution in [-0.2, 0) is 0 Å². The fourth-order valence-electron chi connectivity index (χ4n) is 3.19. The standard InChI is InChI=1S/C26H23OP/c1-19-9-8-13-25(20(19)2)27-22-17-15-21(16-18-22)24-12-6-7-14-26(24)28-23-10-4-3-5-11-23/h3-18,28H,1-2H3. The van der Waals surface area contributed by atoms with Gasteiger partial charge in [0.1, 0.15) is 11.5 Å². The first-order valence-corrected chi connectivity index (χ1v) is 10.5. The Morgan fingerprint density at radius 2 is 1.36 bits per heavy atom. The van der Waals surface area contributed by atoms with Gasteiger partial charge in [0, 0.05) is 0 Å². The lowest BCUT2D eigenvalue weighted by Gasteiger charge is -2.13. The third-order valence-electron chi connectivity index (χ3n) is 4.93. The molecule has 0 saturated carbocycles. The van der Waals surface area contributed by atoms with Gasteiger partial charge in [0.05, 0.1) is 0 Å². The molecule has 0 aliphatic rings. The molecular formula is C26H23OP. The molecule has 0 fully saturated rings. The SMILES string of the molecule is Cc1cccc(Oc2ccc(-c3ccccc3Pc3ccccc3)cc2)c1C. The highest BCUT2D eigenvalue weighted by atomic mass is 31.1. The molecular weight excluding hydrogens is 359 g/mol. The van der Waals surface area contributed by atoms with Gasteiger partial charge in [-0.2, -0.15) is 0 Å². The van der Waals surface area contributed by atoms with Gasteiger partial charge in [-0.3, -0.25) is 0 Å². The Kier molecular flexibility index (Phi) is 5.55. The van der Waals surface area contributed by atoms with Crippen LogP contribution in [0.2, 0.25) is 0 Å². The van der Waals surface area contributed by atoms with Gasteiger partial charge < -0.3 is 4.74 Å². The van der Waals surface area contributed by atoms with Crippen molar-refractivity contribution in [3.63, 3.8) is 0 Å². The first-order valence-electron chi connectivity index (χ1n) is 9.46. The van der Waals surface area contributed by atoms with E-state index in [4.69, 9.17) is 4.74 Å². The van der Waals surface area contributed by atoms with Gasteiger partial charge in [-0.05, 0) is 64.9 Å². The second kappa shape index (κ2) is 8.42. The molecule has 0 radical (unpaired) electrons. The average Bonchev–Trinajstić information content (AvgIpc) is 2.73. The number of hydrogen-bond donors (Lipinski definition) is 0. The molecule has 1 nitrogen and oxygen atoms in total. The smallest absolute Gasteiger partial charge is 0.130 e. The maximum atomic E-state index is 6.11. The summed E-state index contributed by atoms with van der Waals surface area (Å²) in [5, 5.41) is 2.71. The quantitative estimate of drug-likeness (QED) is 0.363. The van der Waals surface area contributed by atoms with E-state index in [1.54, 1.807) is 0 Å². The number of hydrogen-bond acceptors (Lipinski definition) is 1. The van der Waals surface area contributed by atoms with E-state index in [-0.39, 0.29) is 0 Å². The zero-order valence-electron chi connectivity index (χ0n) is 16.1. The van der Waals surface area contributed by atoms with Crippen LogP contribution in [0.1, 0.15) is 11.1 Å². The molecule has 0 aromatic heterocycles. The number of benzene rings is 4. The van der Waals surface area contributed by atoms with Gasteiger partial charge in [0.2, 0.25) is 0 Å². The molecule has 4 aromatic carbocycles. The number of rotatable bonds is 5. The summed E-state index contributed by atoms with van der Waals surface area (Å²) in [5.41, 5.74) is 4.92. The zero-order valence-corrected chi connectivity index (χ0v) is 17.1. The second-order valence-electron chi connectivity index (χ2n) is 6.86. The fraction of sp³-hybridized carbons (Fsp3) is 0.0769. The van der Waals surface area contributed by atoms with E-state index in [0.29, 0.717) is 8.58 Å². The van der Waals surface area contributed by atoms with Crippen LogP contribution >= 0.6 is 8.58 Å². The lowest BCUT2D eigenvalue weighted by molar-refractivity contribution is 0.478. The molecule has 4 rings (SSSR count). The predicted octanol–water partition coefficient (Wildman–Crippen LogP) is 6.39. The molecule has 0 aliphatic heterocycles. The first kappa shape index (κ1) is 18.5. The predicted molar refractivity (Wildman–Crippen MR) is 122 cm³/mol. The molecule has 0 heterocycles. The van der Waals surface area contributed by atoms with Gasteiger partial charge in [-0.15, -0.1) is 0 Å². The van der Waals surface area contributed by atoms with Crippen molar-refractivity contribution < 1.29 is 4.74 Å². The van der Waals surface area contributed by atoms with Crippen molar-refractivity contribution in [3.8, 4) is 22.6 Å². The van der Waals surface area contributed by atoms with Gasteiger partial charge in [0.15, 0.2) is 0 Å². The lowest BCUT2D eigenvalue weighted by atomic mass is 10.1. The van der Waals surface area contributed by atoms with E-state index < -0.39 is 0 Å². The van der Waals surface area contributed by atoms with E-state index in [9.17, 15) is 0 Å². The van der Waals surface area contributed by atoms with Crippen molar-refractivity contribution in [3.05, 3.63) is 108 Å². The molecule has 28 heavy (non-hydrogen) atoms. The van der Waals surface area contributed by atoms with Crippen molar-refractivity contribution in [2.24, 2.45) is 0 Å². The molecule has 0 aliphatic carbocycles. The minimum atomic E-state index is 0.642. The molecule has 1 unspecified atom stereocenters. The Morgan fingerprint density at radius 1 is 0.643 bits per heavy atom. The van der Waals surface area contributed by atoms with Crippen LogP contribution in [0.25, 0.3) is 11.1 Å². The van der Waals surface area contributed by atoms with E-state index in [1.807, 2.05) is 12.1 Å². The van der Waals surface area contributed by atoms with Crippen LogP contribution in [0.3, 0.4) is 0 Å². The monoisotopic (exact) mass is 382 g/mol. The lowest BCUT2D eigenvalue weighted by Crippen LogP contribution is -2.05. The van der Waals surface area contributed by atoms with Gasteiger partial charge in [0.25, 0.3) is 0 Å². The van der Waals surface area contributed by atoms with Crippen LogP contribution in [-0.4, -0.2) is 0 Å². The normalized spacial score (nSPS) is 11.1. The third-order valence-corrected chi connectivity index (χ3v) is 6.26. The number of ether oxygens (including phenoxy) is 1. The van der Waals surface area contributed by atoms with Crippen molar-refractivity contribution in [1.82, 2.24) is 0 Å². The molecule has 0 saturated heterocycles. The molecule has 138 valence electrons. The van der Waals surface area contributed by atoms with E-state index in [2.05, 4.69) is 98.8 Å². The maximum absolute atomic E-state index is 6.11. The highest BCUT2D eigenvalue weighted by molar-refractivity contribution is 7.55. The summed E-state index contributed by atoms with van der Waals surface area (Å²) in [6.07, 6.45) is 0. The van der Waals surface area contributed by atoms with Crippen LogP contribution in [0.4, 0.5) is 0 Å². The van der Waals surface area contributed by atoms with Crippen molar-refractivity contribution in [2.45, 2.75) is 13.8 Å². The molecule has 0 N–H and O–H groups in total. The maximum Gasteiger partial charge on any atom is 0.130 e. The Morgan fingerprint density at radius 3 is 2.14 bits per heavy atom. The largest absolute Gasteiger partial charge is 0.457 e. The summed E-state index contributed by atoms with van der Waals surface area (Å²) in [7, 11) is 0.642. The highest BCUT2D eigenvalue weighted by Gasteiger charge is 2.07. The summed E-state index contributed by atoms with van der Waals surface area (Å²) in [4.78, 5) is 0. The fourth-order valence-corrected chi connectivity index (χ4v) is 4.40. The molecule has 0 amide bonds. The minimum absolute atomic E-state index is 0.642. The second-order valence-corrected chi connectivity index (χ2v) is 8.23. The van der Waals surface area contributed by atoms with Gasteiger partial charge in [-0.25, -0.2) is 0 Å². The molecule has 0 bridgehead atoms. The summed E-state index contributed by atoms with van der Waals surface area (Å²) in [6, 6.07) is 33.9. The van der Waals surface area contributed by atoms with Crippen LogP contribution in [0.15, 0.2) is 97.1 Å². The minimum Gasteiger partial charge on any atom is -0.457 e. The third kappa shape index (κ3) is 4.16. The average molecular weight is 382 g/mol. The summed E-state index contributed by atoms with van der Waals surface area (Å²) in [6.45, 7) is 4.20. The zero-order chi connectivity index (χ0) is 19.3. The topological polar surface area (TPSA) is 9.23 Å². The van der Waals surface area contributed by atoms with E-state index >= 15 is 0 Å². The van der Waals surface area contributed by atoms with Crippen molar-refractivity contribution in [2.75, 3.05) is 0 Å². The first-order chi connectivity index (χ1) is 13.7. The Hall–Kier alpha value is -2.89. The molecule has 0 spiro atoms. The summed E-state index contributed by atoms with van der Waals surface area (Å²) < 4.78 is 6.11. The summed E-state index contributed by atoms with van der Waals surface area (Å²) >= 11 is 0. The Labute approximate surface area is 168 Å². The van der Waals surface area contributed by atoms with Gasteiger partial charge >= 0.3 is 0 Å². The number of aryl methyl sites for hydroxylation is 1. The van der Waals surface area contributed by atoms with Gasteiger partial charge in [-0.1, -0.05) is 87.4 Å². The summed E-state index contributed by atoms with van der Waals surface area (Å²) in [5.74, 6) is 1.78. The van der Waals surface area contributed by atoms with Crippen LogP contribution < -0.4 is 15.3 Å². The van der Waals surface area contributed by atoms with Crippen LogP contribution in [0, 0.1) is 13.8 Å². The van der Waals surface area contributed by atoms with Crippen LogP contribution in [0.5, 0.6) is 11.5 Å². The van der Waals surface area contributed by atoms with Crippen molar-refractivity contribution in [1.29, 1.82) is 0 Å². The van der Waals surface area contributed by atoms with Crippen molar-refractivity contribution >= 4 is 19.2 Å². The molecule has 1 atom stereocenters. The Bertz CT molecular complexity index is 1070. The van der Waals surface area contributed by atoms with E-state index in [0.717, 1.165) is 11.5 Å². The molecule has 2 heteroatoms. The van der Waals surface area contributed by atoms with E-state index in [1.165, 1.54) is 32.9 Å².